The Kier molecular flexibility index (Phi) is 2.48. The van der Waals surface area contributed by atoms with Gasteiger partial charge in [-0.1, -0.05) is 36.3 Å². The second-order valence-electron chi connectivity index (χ2n) is 4.70. The van der Waals surface area contributed by atoms with E-state index < -0.39 is 106 Å². The van der Waals surface area contributed by atoms with Crippen molar-refractivity contribution >= 4 is 28.8 Å². The highest BCUT2D eigenvalue weighted by atomic mass is 16.5. The SMILES string of the molecule is [2H]c1c([2H])c([2H])c(N=C2C(=O)C=C(Nc3c([2H])c([2H])c([2H])c([2H])c3[2H])C(O)=C2C(=O)OC)c([2H])c1[2H]. The highest BCUT2D eigenvalue weighted by Crippen LogP contribution is 2.25. The van der Waals surface area contributed by atoms with Gasteiger partial charge in [0.25, 0.3) is 0 Å². The van der Waals surface area contributed by atoms with E-state index in [-0.39, 0.29) is 0 Å². The maximum atomic E-state index is 12.9. The predicted octanol–water partition coefficient (Wildman–Crippen LogP) is 3.32. The summed E-state index contributed by atoms with van der Waals surface area (Å²) < 4.78 is 82.8. The second-order valence-corrected chi connectivity index (χ2v) is 4.70. The first-order valence-corrected chi connectivity index (χ1v) is 7.02. The smallest absolute Gasteiger partial charge is 0.344 e. The van der Waals surface area contributed by atoms with Crippen molar-refractivity contribution in [2.75, 3.05) is 12.4 Å². The normalized spacial score (nSPS) is 21.0. The van der Waals surface area contributed by atoms with Gasteiger partial charge in [-0.15, -0.1) is 0 Å². The molecule has 0 unspecified atom stereocenters. The van der Waals surface area contributed by atoms with Gasteiger partial charge < -0.3 is 15.2 Å². The summed E-state index contributed by atoms with van der Waals surface area (Å²) in [4.78, 5) is 29.2. The number of carbonyl (C=O) groups excluding carboxylic acids is 2. The molecule has 26 heavy (non-hydrogen) atoms. The quantitative estimate of drug-likeness (QED) is 0.646. The third-order valence-corrected chi connectivity index (χ3v) is 3.10. The van der Waals surface area contributed by atoms with Crippen molar-refractivity contribution in [1.29, 1.82) is 0 Å². The molecule has 0 heterocycles. The van der Waals surface area contributed by atoms with Crippen LogP contribution in [0, 0.1) is 0 Å². The fourth-order valence-electron chi connectivity index (χ4n) is 2.00. The number of benzene rings is 2. The lowest BCUT2D eigenvalue weighted by Gasteiger charge is -2.18. The minimum atomic E-state index is -1.28. The molecule has 130 valence electrons. The number of rotatable bonds is 4. The maximum absolute atomic E-state index is 12.9. The molecule has 0 fully saturated rings. The number of ether oxygens (including phenoxy) is 1. The van der Waals surface area contributed by atoms with Crippen LogP contribution in [0.3, 0.4) is 0 Å². The first kappa shape index (κ1) is 8.62. The largest absolute Gasteiger partial charge is 0.505 e. The number of aliphatic hydroxyl groups excluding tert-OH is 1. The third-order valence-electron chi connectivity index (χ3n) is 3.10. The van der Waals surface area contributed by atoms with Crippen molar-refractivity contribution in [3.05, 3.63) is 83.5 Å². The molecule has 2 aromatic rings. The van der Waals surface area contributed by atoms with Crippen LogP contribution in [0.5, 0.6) is 0 Å². The Bertz CT molecular complexity index is 1390. The van der Waals surface area contributed by atoms with Crippen LogP contribution >= 0.6 is 0 Å². The summed E-state index contributed by atoms with van der Waals surface area (Å²) in [6, 6.07) is -7.15. The molecule has 1 aliphatic rings. The highest BCUT2D eigenvalue weighted by molar-refractivity contribution is 6.56. The standard InChI is InChI=1S/C20H16N2O4/c1-26-20(25)17-18(22-14-10-6-3-7-11-14)16(23)12-15(19(17)24)21-13-8-4-2-5-9-13/h2-12,21,24H,1H3/i2D,3D,4D,5D,6D,7D,8D,9D,10D,11D. The van der Waals surface area contributed by atoms with Crippen molar-refractivity contribution < 1.29 is 33.1 Å². The fraction of sp³-hybridized carbons (Fsp3) is 0.0500. The Hall–Kier alpha value is -3.67. The molecule has 0 radical (unpaired) electrons. The molecule has 0 spiro atoms. The molecule has 6 heteroatoms. The van der Waals surface area contributed by atoms with Crippen LogP contribution in [0.15, 0.2) is 88.5 Å². The van der Waals surface area contributed by atoms with Gasteiger partial charge in [-0.05, 0) is 24.2 Å². The molecule has 2 N–H and O–H groups in total. The van der Waals surface area contributed by atoms with Crippen molar-refractivity contribution in [3.63, 3.8) is 0 Å². The van der Waals surface area contributed by atoms with Crippen LogP contribution in [0.25, 0.3) is 0 Å². The number of hydrogen-bond donors (Lipinski definition) is 2. The van der Waals surface area contributed by atoms with Crippen LogP contribution < -0.4 is 5.32 Å². The van der Waals surface area contributed by atoms with Gasteiger partial charge >= 0.3 is 5.97 Å². The van der Waals surface area contributed by atoms with Crippen molar-refractivity contribution in [1.82, 2.24) is 0 Å². The number of esters is 1. The number of anilines is 1. The highest BCUT2D eigenvalue weighted by Gasteiger charge is 2.32. The molecule has 2 aromatic carbocycles. The molecule has 3 rings (SSSR count). The van der Waals surface area contributed by atoms with Crippen molar-refractivity contribution in [2.45, 2.75) is 0 Å². The summed E-state index contributed by atoms with van der Waals surface area (Å²) in [5.74, 6) is -3.31. The molecule has 0 saturated heterocycles. The number of nitrogens with zero attached hydrogens (tertiary/aromatic N) is 1. The number of aliphatic hydroxyl groups is 1. The molecular weight excluding hydrogens is 332 g/mol. The van der Waals surface area contributed by atoms with E-state index in [1.165, 1.54) is 0 Å². The fourth-order valence-corrected chi connectivity index (χ4v) is 2.00. The average Bonchev–Trinajstić information content (AvgIpc) is 2.86. The van der Waals surface area contributed by atoms with E-state index in [4.69, 9.17) is 13.7 Å². The maximum Gasteiger partial charge on any atom is 0.344 e. The Morgan fingerprint density at radius 2 is 1.73 bits per heavy atom. The lowest BCUT2D eigenvalue weighted by Crippen LogP contribution is -2.29. The number of methoxy groups -OCH3 is 1. The van der Waals surface area contributed by atoms with E-state index in [1.54, 1.807) is 0 Å². The zero-order valence-electron chi connectivity index (χ0n) is 23.2. The summed E-state index contributed by atoms with van der Waals surface area (Å²) >= 11 is 0. The third kappa shape index (κ3) is 3.54. The summed E-state index contributed by atoms with van der Waals surface area (Å²) in [5, 5.41) is 13.1. The molecular formula is C20H16N2O4. The Morgan fingerprint density at radius 3 is 2.35 bits per heavy atom. The molecule has 6 nitrogen and oxygen atoms in total. The summed E-state index contributed by atoms with van der Waals surface area (Å²) in [5.41, 5.74) is -3.34. The number of carbonyl (C=O) groups is 2. The zero-order valence-corrected chi connectivity index (χ0v) is 13.2. The number of hydrogen-bond acceptors (Lipinski definition) is 6. The summed E-state index contributed by atoms with van der Waals surface area (Å²) in [6.07, 6.45) is 0.705. The monoisotopic (exact) mass is 358 g/mol. The Morgan fingerprint density at radius 1 is 1.12 bits per heavy atom. The second kappa shape index (κ2) is 7.48. The molecule has 0 saturated carbocycles. The minimum absolute atomic E-state index is 0.498. The summed E-state index contributed by atoms with van der Waals surface area (Å²) in [7, 11) is 0.927. The van der Waals surface area contributed by atoms with E-state index in [9.17, 15) is 14.7 Å². The van der Waals surface area contributed by atoms with Gasteiger partial charge in [0.05, 0.1) is 32.2 Å². The van der Waals surface area contributed by atoms with Gasteiger partial charge in [-0.2, -0.15) is 0 Å². The van der Waals surface area contributed by atoms with Gasteiger partial charge in [-0.3, -0.25) is 4.79 Å². The number of allylic oxidation sites excluding steroid dienone is 1. The van der Waals surface area contributed by atoms with Crippen LogP contribution in [0.1, 0.15) is 13.7 Å². The van der Waals surface area contributed by atoms with Gasteiger partial charge in [0.1, 0.15) is 11.3 Å². The van der Waals surface area contributed by atoms with Crippen molar-refractivity contribution in [2.24, 2.45) is 4.99 Å². The van der Waals surface area contributed by atoms with Gasteiger partial charge in [0.2, 0.25) is 5.78 Å². The van der Waals surface area contributed by atoms with Crippen LogP contribution in [0.4, 0.5) is 11.4 Å². The number of para-hydroxylation sites is 2. The number of aliphatic imine (C=N–C) groups is 1. The van der Waals surface area contributed by atoms with Crippen LogP contribution in [-0.4, -0.2) is 29.7 Å². The van der Waals surface area contributed by atoms with E-state index in [0.717, 1.165) is 7.11 Å². The topological polar surface area (TPSA) is 88.0 Å². The minimum Gasteiger partial charge on any atom is -0.505 e. The Labute approximate surface area is 164 Å². The molecule has 0 aromatic heterocycles. The van der Waals surface area contributed by atoms with Crippen LogP contribution in [0.2, 0.25) is 0 Å². The number of nitrogens with one attached hydrogen (secondary N) is 1. The van der Waals surface area contributed by atoms with Gasteiger partial charge in [-0.25, -0.2) is 9.79 Å². The van der Waals surface area contributed by atoms with Crippen molar-refractivity contribution in [3.8, 4) is 0 Å². The van der Waals surface area contributed by atoms with Crippen LogP contribution in [-0.2, 0) is 14.3 Å². The van der Waals surface area contributed by atoms with Gasteiger partial charge in [0, 0.05) is 11.8 Å². The van der Waals surface area contributed by atoms with E-state index in [1.807, 2.05) is 0 Å². The predicted molar refractivity (Wildman–Crippen MR) is 98.4 cm³/mol. The molecule has 1 aliphatic carbocycles. The van der Waals surface area contributed by atoms with E-state index in [0.29, 0.717) is 6.08 Å². The molecule has 0 amide bonds. The van der Waals surface area contributed by atoms with E-state index in [2.05, 4.69) is 15.0 Å². The van der Waals surface area contributed by atoms with Gasteiger partial charge in [0.15, 0.2) is 5.76 Å². The molecule has 0 aliphatic heterocycles. The first-order valence-electron chi connectivity index (χ1n) is 12.0. The average molecular weight is 358 g/mol. The number of ketones is 1. The zero-order chi connectivity index (χ0) is 27.2. The Balaban J connectivity index is 2.24. The lowest BCUT2D eigenvalue weighted by molar-refractivity contribution is -0.135. The summed E-state index contributed by atoms with van der Waals surface area (Å²) in [6.45, 7) is 0. The molecule has 0 atom stereocenters. The van der Waals surface area contributed by atoms with E-state index >= 15 is 0 Å². The molecule has 0 bridgehead atoms. The lowest BCUT2D eigenvalue weighted by atomic mass is 9.97. The first-order chi connectivity index (χ1) is 16.7.